The van der Waals surface area contributed by atoms with Crippen LogP contribution in [0.5, 0.6) is 0 Å². The average molecular weight is 288 g/mol. The molecule has 0 aliphatic rings. The molecule has 0 unspecified atom stereocenters. The zero-order valence-electron chi connectivity index (χ0n) is 12.6. The quantitative estimate of drug-likeness (QED) is 0.485. The highest BCUT2D eigenvalue weighted by molar-refractivity contribution is 5.92. The van der Waals surface area contributed by atoms with Gasteiger partial charge >= 0.3 is 11.9 Å². The van der Waals surface area contributed by atoms with Gasteiger partial charge in [-0.15, -0.1) is 0 Å². The minimum Gasteiger partial charge on any atom is -0.466 e. The Morgan fingerprint density at radius 1 is 1.00 bits per heavy atom. The van der Waals surface area contributed by atoms with Crippen LogP contribution in [0.2, 0.25) is 0 Å². The molecule has 1 aromatic rings. The minimum absolute atomic E-state index is 0.344. The number of esters is 2. The van der Waals surface area contributed by atoms with Gasteiger partial charge < -0.3 is 9.47 Å². The smallest absolute Gasteiger partial charge is 0.337 e. The predicted octanol–water partition coefficient (Wildman–Crippen LogP) is 3.16. The Hall–Kier alpha value is -2.62. The fraction of sp³-hybridized carbons (Fsp3) is 0.176. The molecule has 0 aliphatic carbocycles. The summed E-state index contributed by atoms with van der Waals surface area (Å²) in [4.78, 5) is 21.1. The van der Waals surface area contributed by atoms with Gasteiger partial charge in [0.1, 0.15) is 0 Å². The summed E-state index contributed by atoms with van der Waals surface area (Å²) in [6.45, 7) is 8.53. The Morgan fingerprint density at radius 2 is 1.52 bits per heavy atom. The second-order valence-electron chi connectivity index (χ2n) is 4.03. The third-order valence-electron chi connectivity index (χ3n) is 2.26. The lowest BCUT2D eigenvalue weighted by Crippen LogP contribution is -2.00. The van der Waals surface area contributed by atoms with Crippen LogP contribution in [-0.4, -0.2) is 26.2 Å². The van der Waals surface area contributed by atoms with Crippen molar-refractivity contribution in [1.29, 1.82) is 0 Å². The van der Waals surface area contributed by atoms with Crippen LogP contribution < -0.4 is 0 Å². The van der Waals surface area contributed by atoms with E-state index in [2.05, 4.69) is 22.6 Å². The molecule has 0 bridgehead atoms. The van der Waals surface area contributed by atoms with Crippen LogP contribution in [0.4, 0.5) is 0 Å². The third-order valence-corrected chi connectivity index (χ3v) is 2.26. The van der Waals surface area contributed by atoms with E-state index in [1.165, 1.54) is 14.2 Å². The van der Waals surface area contributed by atoms with Crippen LogP contribution in [0.3, 0.4) is 0 Å². The van der Waals surface area contributed by atoms with E-state index in [1.807, 2.05) is 36.4 Å². The number of hydrogen-bond donors (Lipinski definition) is 0. The Bertz CT molecular complexity index is 527. The van der Waals surface area contributed by atoms with Gasteiger partial charge in [-0.1, -0.05) is 49.6 Å². The molecule has 112 valence electrons. The molecule has 1 aromatic carbocycles. The summed E-state index contributed by atoms with van der Waals surface area (Å²) >= 11 is 0. The maximum atomic E-state index is 11.0. The van der Waals surface area contributed by atoms with E-state index < -0.39 is 5.97 Å². The molecule has 0 spiro atoms. The van der Waals surface area contributed by atoms with Crippen LogP contribution in [-0.2, 0) is 19.1 Å². The van der Waals surface area contributed by atoms with Gasteiger partial charge in [-0.05, 0) is 18.6 Å². The van der Waals surface area contributed by atoms with Crippen LogP contribution >= 0.6 is 0 Å². The highest BCUT2D eigenvalue weighted by Gasteiger charge is 2.00. The third kappa shape index (κ3) is 8.21. The highest BCUT2D eigenvalue weighted by Crippen LogP contribution is 2.04. The Kier molecular flexibility index (Phi) is 8.93. The summed E-state index contributed by atoms with van der Waals surface area (Å²) < 4.78 is 8.78. The fourth-order valence-electron chi connectivity index (χ4n) is 1.13. The first-order valence-corrected chi connectivity index (χ1v) is 6.16. The number of ether oxygens (including phenoxy) is 2. The van der Waals surface area contributed by atoms with E-state index in [0.717, 1.165) is 5.56 Å². The predicted molar refractivity (Wildman–Crippen MR) is 83.5 cm³/mol. The lowest BCUT2D eigenvalue weighted by atomic mass is 10.2. The summed E-state index contributed by atoms with van der Waals surface area (Å²) in [6, 6.07) is 9.69. The Labute approximate surface area is 125 Å². The molecule has 0 saturated heterocycles. The van der Waals surface area contributed by atoms with E-state index in [-0.39, 0.29) is 5.97 Å². The molecule has 0 radical (unpaired) electrons. The van der Waals surface area contributed by atoms with E-state index in [9.17, 15) is 9.59 Å². The Balaban J connectivity index is 0.000000486. The van der Waals surface area contributed by atoms with Crippen LogP contribution in [0.25, 0.3) is 6.08 Å². The number of carbonyl (C=O) groups is 2. The highest BCUT2D eigenvalue weighted by atomic mass is 16.5. The van der Waals surface area contributed by atoms with Crippen molar-refractivity contribution in [3.8, 4) is 0 Å². The monoisotopic (exact) mass is 288 g/mol. The number of carbonyl (C=O) groups excluding carboxylic acids is 2. The molecule has 0 saturated carbocycles. The van der Waals surface area contributed by atoms with Crippen molar-refractivity contribution in [3.63, 3.8) is 0 Å². The molecule has 1 rings (SSSR count). The zero-order valence-corrected chi connectivity index (χ0v) is 12.6. The Morgan fingerprint density at radius 3 is 1.90 bits per heavy atom. The SMILES string of the molecule is C=C(C)C(=O)OC.C=C(C=Cc1ccccc1)C(=O)OC. The number of hydrogen-bond acceptors (Lipinski definition) is 4. The van der Waals surface area contributed by atoms with Gasteiger partial charge in [0, 0.05) is 5.57 Å². The first-order chi connectivity index (χ1) is 9.92. The van der Waals surface area contributed by atoms with Crippen LogP contribution in [0.15, 0.2) is 60.7 Å². The second-order valence-corrected chi connectivity index (χ2v) is 4.03. The standard InChI is InChI=1S/C12H12O2.C5H8O2/c1-10(12(13)14-2)8-9-11-6-4-3-5-7-11;1-4(2)5(6)7-3/h3-9H,1H2,2H3;1H2,2-3H3. The van der Waals surface area contributed by atoms with Crippen molar-refractivity contribution < 1.29 is 19.1 Å². The molecule has 0 aliphatic heterocycles. The van der Waals surface area contributed by atoms with Crippen molar-refractivity contribution in [2.24, 2.45) is 0 Å². The molecule has 0 aromatic heterocycles. The number of methoxy groups -OCH3 is 2. The minimum atomic E-state index is -0.405. The van der Waals surface area contributed by atoms with Gasteiger partial charge in [0.25, 0.3) is 0 Å². The van der Waals surface area contributed by atoms with Crippen molar-refractivity contribution in [3.05, 3.63) is 66.3 Å². The molecule has 4 nitrogen and oxygen atoms in total. The lowest BCUT2D eigenvalue weighted by molar-refractivity contribution is -0.136. The first-order valence-electron chi connectivity index (χ1n) is 6.16. The maximum absolute atomic E-state index is 11.0. The molecule has 0 atom stereocenters. The summed E-state index contributed by atoms with van der Waals surface area (Å²) in [6.07, 6.45) is 3.46. The van der Waals surface area contributed by atoms with Gasteiger partial charge in [-0.2, -0.15) is 0 Å². The lowest BCUT2D eigenvalue weighted by Gasteiger charge is -1.96. The molecule has 21 heavy (non-hydrogen) atoms. The molecular weight excluding hydrogens is 268 g/mol. The summed E-state index contributed by atoms with van der Waals surface area (Å²) in [5.74, 6) is -0.753. The van der Waals surface area contributed by atoms with Gasteiger partial charge in [0.2, 0.25) is 0 Å². The van der Waals surface area contributed by atoms with Crippen LogP contribution in [0, 0.1) is 0 Å². The largest absolute Gasteiger partial charge is 0.466 e. The maximum Gasteiger partial charge on any atom is 0.337 e. The average Bonchev–Trinajstić information content (AvgIpc) is 2.52. The van der Waals surface area contributed by atoms with Gasteiger partial charge in [0.05, 0.1) is 19.8 Å². The van der Waals surface area contributed by atoms with E-state index in [1.54, 1.807) is 13.0 Å². The van der Waals surface area contributed by atoms with Crippen molar-refractivity contribution in [1.82, 2.24) is 0 Å². The van der Waals surface area contributed by atoms with Crippen molar-refractivity contribution in [2.75, 3.05) is 14.2 Å². The first kappa shape index (κ1) is 18.4. The van der Waals surface area contributed by atoms with Crippen LogP contribution in [0.1, 0.15) is 12.5 Å². The van der Waals surface area contributed by atoms with Crippen molar-refractivity contribution in [2.45, 2.75) is 6.92 Å². The summed E-state index contributed by atoms with van der Waals surface area (Å²) in [5.41, 5.74) is 1.80. The number of rotatable bonds is 4. The topological polar surface area (TPSA) is 52.6 Å². The van der Waals surface area contributed by atoms with E-state index in [4.69, 9.17) is 0 Å². The molecular formula is C17H20O4. The van der Waals surface area contributed by atoms with Gasteiger partial charge in [0.15, 0.2) is 0 Å². The summed E-state index contributed by atoms with van der Waals surface area (Å²) in [5, 5.41) is 0. The molecule has 0 fully saturated rings. The van der Waals surface area contributed by atoms with E-state index >= 15 is 0 Å². The second kappa shape index (κ2) is 10.2. The molecule has 0 amide bonds. The fourth-order valence-corrected chi connectivity index (χ4v) is 1.13. The normalized spacial score (nSPS) is 9.29. The van der Waals surface area contributed by atoms with Crippen molar-refractivity contribution >= 4 is 18.0 Å². The molecule has 0 N–H and O–H groups in total. The van der Waals surface area contributed by atoms with Gasteiger partial charge in [-0.25, -0.2) is 9.59 Å². The molecule has 0 heterocycles. The van der Waals surface area contributed by atoms with E-state index in [0.29, 0.717) is 11.1 Å². The zero-order chi connectivity index (χ0) is 16.3. The number of benzene rings is 1. The molecule has 4 heteroatoms. The van der Waals surface area contributed by atoms with Gasteiger partial charge in [-0.3, -0.25) is 0 Å². The summed E-state index contributed by atoms with van der Waals surface area (Å²) in [7, 11) is 2.67.